The zero-order chi connectivity index (χ0) is 38.1. The number of rotatable bonds is 8. The van der Waals surface area contributed by atoms with Gasteiger partial charge in [-0.1, -0.05) is 62.4 Å². The zero-order valence-electron chi connectivity index (χ0n) is 31.8. The van der Waals surface area contributed by atoms with Gasteiger partial charge in [-0.2, -0.15) is 0 Å². The summed E-state index contributed by atoms with van der Waals surface area (Å²) in [5.41, 5.74) is 5.48. The van der Waals surface area contributed by atoms with Gasteiger partial charge >= 0.3 is 12.2 Å². The van der Waals surface area contributed by atoms with Crippen LogP contribution in [0.5, 0.6) is 0 Å². The quantitative estimate of drug-likeness (QED) is 0.145. The van der Waals surface area contributed by atoms with E-state index in [0.29, 0.717) is 13.1 Å². The van der Waals surface area contributed by atoms with Crippen LogP contribution >= 0.6 is 0 Å². The molecule has 3 unspecified atom stereocenters. The van der Waals surface area contributed by atoms with Crippen molar-refractivity contribution in [2.24, 2.45) is 5.92 Å². The molecule has 3 atom stereocenters. The van der Waals surface area contributed by atoms with E-state index in [1.807, 2.05) is 51.9 Å². The number of imidazole rings is 2. The Balaban J connectivity index is 1.03. The van der Waals surface area contributed by atoms with Gasteiger partial charge in [0.1, 0.15) is 23.3 Å². The number of likely N-dealkylation sites (tertiary alicyclic amines) is 2. The zero-order valence-corrected chi connectivity index (χ0v) is 31.8. The standard InChI is InChI=1S/C42H49N7O5/c1-25(2)36(47-40(51)53-6)39(50)48-19-7-9-34(48)37-44-24-33(46-37)31-18-17-29-21-28(15-16-30(29)22-31)26-11-13-27(14-12-26)32-23-43-38(45-32)35-10-8-20-49(35)41(52)54-42(3,4)5/h11-18,21-25,34-36H,7-10,19-20H2,1-6H3,(H,43,45)(H,44,46)(H,47,51). The van der Waals surface area contributed by atoms with E-state index in [-0.39, 0.29) is 30.0 Å². The first-order valence-electron chi connectivity index (χ1n) is 18.8. The molecule has 2 aliphatic rings. The van der Waals surface area contributed by atoms with E-state index in [4.69, 9.17) is 14.5 Å². The third kappa shape index (κ3) is 7.69. The minimum Gasteiger partial charge on any atom is -0.453 e. The Morgan fingerprint density at radius 2 is 1.28 bits per heavy atom. The molecule has 3 N–H and O–H groups in total. The number of ether oxygens (including phenoxy) is 2. The number of nitrogens with one attached hydrogen (secondary N) is 3. The number of H-pyrrole nitrogens is 2. The van der Waals surface area contributed by atoms with Crippen molar-refractivity contribution >= 4 is 28.9 Å². The van der Waals surface area contributed by atoms with E-state index < -0.39 is 17.7 Å². The lowest BCUT2D eigenvalue weighted by Crippen LogP contribution is -2.51. The molecule has 0 aliphatic carbocycles. The molecule has 54 heavy (non-hydrogen) atoms. The number of benzene rings is 3. The maximum Gasteiger partial charge on any atom is 0.410 e. The van der Waals surface area contributed by atoms with E-state index >= 15 is 0 Å². The number of aromatic amines is 2. The maximum atomic E-state index is 13.6. The molecular weight excluding hydrogens is 683 g/mol. The molecule has 0 spiro atoms. The fourth-order valence-electron chi connectivity index (χ4n) is 7.52. The molecule has 12 nitrogen and oxygen atoms in total. The minimum atomic E-state index is -0.679. The second kappa shape index (κ2) is 15.0. The number of carbonyl (C=O) groups is 3. The fraction of sp³-hybridized carbons (Fsp3) is 0.405. The first-order chi connectivity index (χ1) is 25.9. The lowest BCUT2D eigenvalue weighted by atomic mass is 9.98. The first-order valence-corrected chi connectivity index (χ1v) is 18.8. The summed E-state index contributed by atoms with van der Waals surface area (Å²) < 4.78 is 10.4. The highest BCUT2D eigenvalue weighted by Crippen LogP contribution is 2.35. The molecule has 2 aromatic heterocycles. The number of hydrogen-bond donors (Lipinski definition) is 3. The van der Waals surface area contributed by atoms with Crippen molar-refractivity contribution in [1.82, 2.24) is 35.1 Å². The van der Waals surface area contributed by atoms with Gasteiger partial charge in [0.15, 0.2) is 0 Å². The summed E-state index contributed by atoms with van der Waals surface area (Å²) in [5.74, 6) is 1.29. The van der Waals surface area contributed by atoms with Gasteiger partial charge in [-0.05, 0) is 92.0 Å². The molecule has 7 rings (SSSR count). The highest BCUT2D eigenvalue weighted by Gasteiger charge is 2.38. The van der Waals surface area contributed by atoms with Gasteiger partial charge in [0.25, 0.3) is 0 Å². The van der Waals surface area contributed by atoms with Gasteiger partial charge < -0.3 is 29.7 Å². The Morgan fingerprint density at radius 1 is 0.759 bits per heavy atom. The van der Waals surface area contributed by atoms with Crippen LogP contribution in [-0.4, -0.2) is 79.7 Å². The Hall–Kier alpha value is -5.65. The summed E-state index contributed by atoms with van der Waals surface area (Å²) >= 11 is 0. The minimum absolute atomic E-state index is 0.0963. The van der Waals surface area contributed by atoms with Crippen LogP contribution in [-0.2, 0) is 14.3 Å². The van der Waals surface area contributed by atoms with Crippen LogP contribution < -0.4 is 5.32 Å². The molecule has 0 saturated carbocycles. The molecule has 0 bridgehead atoms. The highest BCUT2D eigenvalue weighted by atomic mass is 16.6. The summed E-state index contributed by atoms with van der Waals surface area (Å²) in [7, 11) is 1.30. The fourth-order valence-corrected chi connectivity index (χ4v) is 7.52. The second-order valence-electron chi connectivity index (χ2n) is 15.6. The van der Waals surface area contributed by atoms with Crippen LogP contribution in [0.25, 0.3) is 44.4 Å². The van der Waals surface area contributed by atoms with Crippen LogP contribution in [0.3, 0.4) is 0 Å². The van der Waals surface area contributed by atoms with Crippen molar-refractivity contribution in [1.29, 1.82) is 0 Å². The molecular formula is C42H49N7O5. The van der Waals surface area contributed by atoms with Crippen molar-refractivity contribution in [3.63, 3.8) is 0 Å². The van der Waals surface area contributed by atoms with Crippen LogP contribution in [0.4, 0.5) is 9.59 Å². The van der Waals surface area contributed by atoms with Crippen molar-refractivity contribution in [2.45, 2.75) is 84.0 Å². The molecule has 4 heterocycles. The molecule has 282 valence electrons. The molecule has 2 saturated heterocycles. The van der Waals surface area contributed by atoms with E-state index in [0.717, 1.165) is 81.7 Å². The van der Waals surface area contributed by atoms with Crippen LogP contribution in [0.2, 0.25) is 0 Å². The van der Waals surface area contributed by atoms with Crippen molar-refractivity contribution in [3.8, 4) is 33.6 Å². The van der Waals surface area contributed by atoms with Crippen molar-refractivity contribution < 1.29 is 23.9 Å². The number of methoxy groups -OCH3 is 1. The summed E-state index contributed by atoms with van der Waals surface area (Å²) in [5, 5.41) is 4.93. The lowest BCUT2D eigenvalue weighted by molar-refractivity contribution is -0.135. The van der Waals surface area contributed by atoms with Crippen molar-refractivity contribution in [3.05, 3.63) is 84.7 Å². The SMILES string of the molecule is COC(=O)NC(C(=O)N1CCCC1c1ncc(-c2ccc3cc(-c4ccc(-c5cnc(C6CCCN6C(=O)OC(C)(C)C)[nH]5)cc4)ccc3c2)[nH]1)C(C)C. The number of fused-ring (bicyclic) bond motifs is 1. The van der Waals surface area contributed by atoms with Gasteiger partial charge in [0.2, 0.25) is 5.91 Å². The Labute approximate surface area is 315 Å². The monoisotopic (exact) mass is 731 g/mol. The molecule has 0 radical (unpaired) electrons. The predicted molar refractivity (Wildman–Crippen MR) is 207 cm³/mol. The van der Waals surface area contributed by atoms with Crippen LogP contribution in [0.15, 0.2) is 73.1 Å². The largest absolute Gasteiger partial charge is 0.453 e. The summed E-state index contributed by atoms with van der Waals surface area (Å²) in [6.07, 6.45) is 6.15. The van der Waals surface area contributed by atoms with E-state index in [2.05, 4.69) is 80.9 Å². The number of alkyl carbamates (subject to hydrolysis) is 1. The van der Waals surface area contributed by atoms with Gasteiger partial charge in [0, 0.05) is 18.7 Å². The molecule has 2 aliphatic heterocycles. The molecule has 3 amide bonds. The van der Waals surface area contributed by atoms with E-state index in [1.165, 1.54) is 7.11 Å². The number of amides is 3. The Bertz CT molecular complexity index is 2150. The average Bonchev–Trinajstić information content (AvgIpc) is 3.98. The molecule has 2 fully saturated rings. The number of nitrogens with zero attached hydrogens (tertiary/aromatic N) is 4. The number of aromatic nitrogens is 4. The average molecular weight is 732 g/mol. The van der Waals surface area contributed by atoms with E-state index in [9.17, 15) is 14.4 Å². The third-order valence-corrected chi connectivity index (χ3v) is 10.3. The van der Waals surface area contributed by atoms with Gasteiger partial charge in [0.05, 0.1) is 43.0 Å². The predicted octanol–water partition coefficient (Wildman–Crippen LogP) is 8.40. The third-order valence-electron chi connectivity index (χ3n) is 10.3. The summed E-state index contributed by atoms with van der Waals surface area (Å²) in [6.45, 7) is 10.7. The lowest BCUT2D eigenvalue weighted by Gasteiger charge is -2.30. The first kappa shape index (κ1) is 36.7. The van der Waals surface area contributed by atoms with Gasteiger partial charge in [-0.15, -0.1) is 0 Å². The topological polar surface area (TPSA) is 146 Å². The van der Waals surface area contributed by atoms with Crippen LogP contribution in [0.1, 0.15) is 84.0 Å². The molecule has 12 heteroatoms. The molecule has 5 aromatic rings. The maximum absolute atomic E-state index is 13.6. The normalized spacial score (nSPS) is 18.0. The second-order valence-corrected chi connectivity index (χ2v) is 15.6. The summed E-state index contributed by atoms with van der Waals surface area (Å²) in [4.78, 5) is 58.2. The molecule has 3 aromatic carbocycles. The van der Waals surface area contributed by atoms with E-state index in [1.54, 1.807) is 4.90 Å². The van der Waals surface area contributed by atoms with Gasteiger partial charge in [-0.3, -0.25) is 9.69 Å². The van der Waals surface area contributed by atoms with Gasteiger partial charge in [-0.25, -0.2) is 19.6 Å². The summed E-state index contributed by atoms with van der Waals surface area (Å²) in [6, 6.07) is 20.2. The smallest absolute Gasteiger partial charge is 0.410 e. The van der Waals surface area contributed by atoms with Crippen molar-refractivity contribution in [2.75, 3.05) is 20.2 Å². The number of carbonyl (C=O) groups excluding carboxylic acids is 3. The van der Waals surface area contributed by atoms with Crippen LogP contribution in [0, 0.1) is 5.92 Å². The highest BCUT2D eigenvalue weighted by molar-refractivity contribution is 5.91. The Kier molecular flexibility index (Phi) is 10.2. The number of hydrogen-bond acceptors (Lipinski definition) is 7. The Morgan fingerprint density at radius 3 is 1.87 bits per heavy atom.